The minimum Gasteiger partial charge on any atom is -0.396 e. The van der Waals surface area contributed by atoms with Crippen molar-refractivity contribution in [3.8, 4) is 0 Å². The average molecular weight is 185 g/mol. The number of aliphatic hydroxyl groups is 1. The van der Waals surface area contributed by atoms with E-state index in [1.165, 1.54) is 32.1 Å². The van der Waals surface area contributed by atoms with E-state index in [0.29, 0.717) is 12.6 Å². The zero-order chi connectivity index (χ0) is 9.52. The lowest BCUT2D eigenvalue weighted by atomic mass is 9.89. The Hall–Kier alpha value is -0.0800. The van der Waals surface area contributed by atoms with Gasteiger partial charge in [-0.15, -0.1) is 0 Å². The summed E-state index contributed by atoms with van der Waals surface area (Å²) in [4.78, 5) is 0. The van der Waals surface area contributed by atoms with E-state index < -0.39 is 0 Å². The summed E-state index contributed by atoms with van der Waals surface area (Å²) in [7, 11) is 0. The molecule has 0 aromatic heterocycles. The summed E-state index contributed by atoms with van der Waals surface area (Å²) in [5, 5.41) is 12.2. The number of hydrogen-bond donors (Lipinski definition) is 2. The highest BCUT2D eigenvalue weighted by atomic mass is 16.3. The van der Waals surface area contributed by atoms with Crippen LogP contribution in [0.25, 0.3) is 0 Å². The van der Waals surface area contributed by atoms with E-state index in [1.54, 1.807) is 0 Å². The van der Waals surface area contributed by atoms with E-state index in [-0.39, 0.29) is 0 Å². The molecular formula is C11H23NO. The third-order valence-corrected chi connectivity index (χ3v) is 3.04. The molecule has 1 saturated carbocycles. The lowest BCUT2D eigenvalue weighted by Crippen LogP contribution is -2.32. The second kappa shape index (κ2) is 6.39. The number of aliphatic hydroxyl groups excluding tert-OH is 1. The summed E-state index contributed by atoms with van der Waals surface area (Å²) >= 11 is 0. The van der Waals surface area contributed by atoms with Gasteiger partial charge in [0.05, 0.1) is 0 Å². The third kappa shape index (κ3) is 4.63. The highest BCUT2D eigenvalue weighted by molar-refractivity contribution is 4.70. The van der Waals surface area contributed by atoms with E-state index in [1.807, 2.05) is 0 Å². The van der Waals surface area contributed by atoms with Crippen molar-refractivity contribution in [2.24, 2.45) is 5.92 Å². The molecule has 1 aliphatic rings. The molecule has 78 valence electrons. The van der Waals surface area contributed by atoms with Gasteiger partial charge in [-0.05, 0) is 38.6 Å². The van der Waals surface area contributed by atoms with Crippen LogP contribution in [-0.2, 0) is 0 Å². The number of nitrogens with one attached hydrogen (secondary N) is 1. The summed E-state index contributed by atoms with van der Waals surface area (Å²) in [5.41, 5.74) is 0. The van der Waals surface area contributed by atoms with Crippen LogP contribution in [0, 0.1) is 5.92 Å². The van der Waals surface area contributed by atoms with Crippen molar-refractivity contribution in [1.82, 2.24) is 5.32 Å². The zero-order valence-corrected chi connectivity index (χ0v) is 8.76. The maximum atomic E-state index is 8.73. The molecule has 2 nitrogen and oxygen atoms in total. The van der Waals surface area contributed by atoms with E-state index >= 15 is 0 Å². The van der Waals surface area contributed by atoms with Gasteiger partial charge in [0.15, 0.2) is 0 Å². The minimum atomic E-state index is 0.304. The molecular weight excluding hydrogens is 162 g/mol. The molecule has 2 N–H and O–H groups in total. The SMILES string of the molecule is CC(CCO)NCC1CCCCC1. The second-order valence-electron chi connectivity index (χ2n) is 4.33. The molecule has 0 aromatic rings. The van der Waals surface area contributed by atoms with E-state index in [2.05, 4.69) is 12.2 Å². The fraction of sp³-hybridized carbons (Fsp3) is 1.00. The molecule has 0 spiro atoms. The molecule has 2 heteroatoms. The van der Waals surface area contributed by atoms with Gasteiger partial charge < -0.3 is 10.4 Å². The van der Waals surface area contributed by atoms with Gasteiger partial charge >= 0.3 is 0 Å². The number of hydrogen-bond acceptors (Lipinski definition) is 2. The first-order valence-electron chi connectivity index (χ1n) is 5.67. The van der Waals surface area contributed by atoms with Gasteiger partial charge in [-0.3, -0.25) is 0 Å². The Bertz CT molecular complexity index is 121. The molecule has 0 radical (unpaired) electrons. The standard InChI is InChI=1S/C11H23NO/c1-10(7-8-13)12-9-11-5-3-2-4-6-11/h10-13H,2-9H2,1H3. The Morgan fingerprint density at radius 3 is 2.62 bits per heavy atom. The fourth-order valence-corrected chi connectivity index (χ4v) is 2.05. The summed E-state index contributed by atoms with van der Waals surface area (Å²) in [6.07, 6.45) is 7.95. The lowest BCUT2D eigenvalue weighted by molar-refractivity contribution is 0.260. The van der Waals surface area contributed by atoms with Crippen LogP contribution >= 0.6 is 0 Å². The van der Waals surface area contributed by atoms with Crippen LogP contribution in [0.2, 0.25) is 0 Å². The van der Waals surface area contributed by atoms with Gasteiger partial charge in [0, 0.05) is 12.6 Å². The van der Waals surface area contributed by atoms with E-state index in [4.69, 9.17) is 5.11 Å². The summed E-state index contributed by atoms with van der Waals surface area (Å²) in [6, 6.07) is 0.479. The molecule has 0 aromatic carbocycles. The van der Waals surface area contributed by atoms with Gasteiger partial charge in [0.2, 0.25) is 0 Å². The van der Waals surface area contributed by atoms with Crippen LogP contribution in [-0.4, -0.2) is 24.3 Å². The highest BCUT2D eigenvalue weighted by Crippen LogP contribution is 2.22. The van der Waals surface area contributed by atoms with Crippen LogP contribution in [0.5, 0.6) is 0 Å². The summed E-state index contributed by atoms with van der Waals surface area (Å²) < 4.78 is 0. The van der Waals surface area contributed by atoms with Crippen LogP contribution in [0.1, 0.15) is 45.4 Å². The first-order chi connectivity index (χ1) is 6.33. The monoisotopic (exact) mass is 185 g/mol. The van der Waals surface area contributed by atoms with Crippen molar-refractivity contribution in [2.75, 3.05) is 13.2 Å². The Morgan fingerprint density at radius 2 is 2.00 bits per heavy atom. The molecule has 1 aliphatic carbocycles. The fourth-order valence-electron chi connectivity index (χ4n) is 2.05. The molecule has 0 saturated heterocycles. The quantitative estimate of drug-likeness (QED) is 0.686. The first-order valence-corrected chi connectivity index (χ1v) is 5.67. The van der Waals surface area contributed by atoms with Crippen LogP contribution in [0.15, 0.2) is 0 Å². The van der Waals surface area contributed by atoms with Gasteiger partial charge in [-0.1, -0.05) is 19.3 Å². The molecule has 1 rings (SSSR count). The number of rotatable bonds is 5. The molecule has 0 aliphatic heterocycles. The predicted molar refractivity (Wildman–Crippen MR) is 55.7 cm³/mol. The Kier molecular flexibility index (Phi) is 5.40. The Morgan fingerprint density at radius 1 is 1.31 bits per heavy atom. The smallest absolute Gasteiger partial charge is 0.0445 e. The van der Waals surface area contributed by atoms with Crippen molar-refractivity contribution >= 4 is 0 Å². The van der Waals surface area contributed by atoms with Crippen molar-refractivity contribution in [2.45, 2.75) is 51.5 Å². The highest BCUT2D eigenvalue weighted by Gasteiger charge is 2.13. The maximum absolute atomic E-state index is 8.73. The van der Waals surface area contributed by atoms with Gasteiger partial charge in [-0.25, -0.2) is 0 Å². The van der Waals surface area contributed by atoms with E-state index in [0.717, 1.165) is 18.9 Å². The molecule has 0 heterocycles. The van der Waals surface area contributed by atoms with Crippen LogP contribution < -0.4 is 5.32 Å². The summed E-state index contributed by atoms with van der Waals surface area (Å²) in [6.45, 7) is 3.61. The lowest BCUT2D eigenvalue weighted by Gasteiger charge is -2.23. The van der Waals surface area contributed by atoms with Crippen molar-refractivity contribution in [1.29, 1.82) is 0 Å². The molecule has 0 bridgehead atoms. The Balaban J connectivity index is 2.03. The normalized spacial score (nSPS) is 21.7. The predicted octanol–water partition coefficient (Wildman–Crippen LogP) is 1.93. The molecule has 1 unspecified atom stereocenters. The van der Waals surface area contributed by atoms with Crippen LogP contribution in [0.4, 0.5) is 0 Å². The largest absolute Gasteiger partial charge is 0.396 e. The molecule has 1 atom stereocenters. The van der Waals surface area contributed by atoms with Crippen molar-refractivity contribution in [3.63, 3.8) is 0 Å². The van der Waals surface area contributed by atoms with Crippen molar-refractivity contribution < 1.29 is 5.11 Å². The van der Waals surface area contributed by atoms with Crippen LogP contribution in [0.3, 0.4) is 0 Å². The van der Waals surface area contributed by atoms with Gasteiger partial charge in [0.1, 0.15) is 0 Å². The topological polar surface area (TPSA) is 32.3 Å². The Labute approximate surface area is 81.7 Å². The van der Waals surface area contributed by atoms with E-state index in [9.17, 15) is 0 Å². The third-order valence-electron chi connectivity index (χ3n) is 3.04. The van der Waals surface area contributed by atoms with Gasteiger partial charge in [-0.2, -0.15) is 0 Å². The minimum absolute atomic E-state index is 0.304. The van der Waals surface area contributed by atoms with Gasteiger partial charge in [0.25, 0.3) is 0 Å². The molecule has 13 heavy (non-hydrogen) atoms. The van der Waals surface area contributed by atoms with Crippen molar-refractivity contribution in [3.05, 3.63) is 0 Å². The molecule has 0 amide bonds. The molecule has 1 fully saturated rings. The second-order valence-corrected chi connectivity index (χ2v) is 4.33. The first kappa shape index (κ1) is 11.0. The maximum Gasteiger partial charge on any atom is 0.0445 e. The average Bonchev–Trinajstić information content (AvgIpc) is 2.17. The summed E-state index contributed by atoms with van der Waals surface area (Å²) in [5.74, 6) is 0.898. The zero-order valence-electron chi connectivity index (χ0n) is 8.76.